The summed E-state index contributed by atoms with van der Waals surface area (Å²) in [4.78, 5) is 12.3. The minimum atomic E-state index is -0.116. The van der Waals surface area contributed by atoms with Gasteiger partial charge in [-0.25, -0.2) is 0 Å². The molecule has 1 amide bonds. The van der Waals surface area contributed by atoms with Crippen LogP contribution in [0.1, 0.15) is 35.3 Å². The fourth-order valence-corrected chi connectivity index (χ4v) is 2.31. The van der Waals surface area contributed by atoms with Crippen LogP contribution in [-0.2, 0) is 12.0 Å². The molecule has 0 saturated heterocycles. The quantitative estimate of drug-likeness (QED) is 0.886. The lowest BCUT2D eigenvalue weighted by atomic mass is 9.84. The van der Waals surface area contributed by atoms with Crippen molar-refractivity contribution in [1.82, 2.24) is 5.32 Å². The monoisotopic (exact) mass is 282 g/mol. The second-order valence-corrected chi connectivity index (χ2v) is 5.79. The lowest BCUT2D eigenvalue weighted by Crippen LogP contribution is -2.37. The van der Waals surface area contributed by atoms with Crippen LogP contribution in [-0.4, -0.2) is 12.5 Å². The van der Waals surface area contributed by atoms with Crippen LogP contribution < -0.4 is 11.1 Å². The van der Waals surface area contributed by atoms with Crippen molar-refractivity contribution in [2.24, 2.45) is 5.73 Å². The fraction of sp³-hybridized carbons (Fsp3) is 0.278. The third-order valence-corrected chi connectivity index (χ3v) is 3.73. The summed E-state index contributed by atoms with van der Waals surface area (Å²) in [5.41, 5.74) is 8.30. The standard InChI is InChI=1S/C18H22N2O/c1-18(2,15-9-4-3-5-10-15)13-20-17(21)16-11-7-6-8-14(16)12-19/h3-11H,12-13,19H2,1-2H3,(H,20,21). The SMILES string of the molecule is CC(C)(CNC(=O)c1ccccc1CN)c1ccccc1. The van der Waals surface area contributed by atoms with Crippen molar-refractivity contribution in [2.45, 2.75) is 25.8 Å². The van der Waals surface area contributed by atoms with Crippen molar-refractivity contribution in [3.8, 4) is 0 Å². The predicted octanol–water partition coefficient (Wildman–Crippen LogP) is 2.85. The van der Waals surface area contributed by atoms with Crippen LogP contribution in [0.3, 0.4) is 0 Å². The molecule has 0 radical (unpaired) electrons. The van der Waals surface area contributed by atoms with Crippen molar-refractivity contribution in [3.63, 3.8) is 0 Å². The van der Waals surface area contributed by atoms with E-state index < -0.39 is 0 Å². The van der Waals surface area contributed by atoms with E-state index in [0.29, 0.717) is 18.7 Å². The molecule has 2 aromatic carbocycles. The van der Waals surface area contributed by atoms with Crippen molar-refractivity contribution in [3.05, 3.63) is 71.3 Å². The van der Waals surface area contributed by atoms with Crippen molar-refractivity contribution < 1.29 is 4.79 Å². The van der Waals surface area contributed by atoms with Crippen LogP contribution in [0.25, 0.3) is 0 Å². The maximum atomic E-state index is 12.3. The molecule has 2 aromatic rings. The maximum Gasteiger partial charge on any atom is 0.251 e. The summed E-state index contributed by atoms with van der Waals surface area (Å²) in [6, 6.07) is 17.6. The largest absolute Gasteiger partial charge is 0.351 e. The zero-order chi connectivity index (χ0) is 15.3. The Balaban J connectivity index is 2.07. The molecule has 0 spiro atoms. The molecule has 0 heterocycles. The number of nitrogens with two attached hydrogens (primary N) is 1. The zero-order valence-corrected chi connectivity index (χ0v) is 12.6. The Morgan fingerprint density at radius 1 is 1.05 bits per heavy atom. The molecular formula is C18H22N2O. The second kappa shape index (κ2) is 6.55. The van der Waals surface area contributed by atoms with Gasteiger partial charge in [0.1, 0.15) is 0 Å². The van der Waals surface area contributed by atoms with E-state index in [1.807, 2.05) is 42.5 Å². The highest BCUT2D eigenvalue weighted by Crippen LogP contribution is 2.22. The molecule has 0 aliphatic rings. The summed E-state index contributed by atoms with van der Waals surface area (Å²) in [6.07, 6.45) is 0. The van der Waals surface area contributed by atoms with Crippen LogP contribution in [0.15, 0.2) is 54.6 Å². The first kappa shape index (κ1) is 15.3. The summed E-state index contributed by atoms with van der Waals surface area (Å²) in [6.45, 7) is 5.19. The van der Waals surface area contributed by atoms with Crippen LogP contribution in [0.4, 0.5) is 0 Å². The van der Waals surface area contributed by atoms with Crippen LogP contribution in [0, 0.1) is 0 Å². The average Bonchev–Trinajstić information content (AvgIpc) is 2.53. The number of hydrogen-bond donors (Lipinski definition) is 2. The highest BCUT2D eigenvalue weighted by molar-refractivity contribution is 5.95. The summed E-state index contributed by atoms with van der Waals surface area (Å²) in [7, 11) is 0. The van der Waals surface area contributed by atoms with Gasteiger partial charge >= 0.3 is 0 Å². The van der Waals surface area contributed by atoms with Crippen LogP contribution >= 0.6 is 0 Å². The van der Waals surface area contributed by atoms with Gasteiger partial charge in [0.15, 0.2) is 0 Å². The smallest absolute Gasteiger partial charge is 0.251 e. The van der Waals surface area contributed by atoms with E-state index in [-0.39, 0.29) is 11.3 Å². The van der Waals surface area contributed by atoms with E-state index in [9.17, 15) is 4.79 Å². The van der Waals surface area contributed by atoms with Gasteiger partial charge in [0.25, 0.3) is 5.91 Å². The van der Waals surface area contributed by atoms with Gasteiger partial charge in [-0.05, 0) is 17.2 Å². The number of rotatable bonds is 5. The normalized spacial score (nSPS) is 11.2. The van der Waals surface area contributed by atoms with E-state index in [1.165, 1.54) is 5.56 Å². The Morgan fingerprint density at radius 3 is 2.33 bits per heavy atom. The minimum absolute atomic E-state index is 0.0694. The third-order valence-electron chi connectivity index (χ3n) is 3.73. The first-order valence-electron chi connectivity index (χ1n) is 7.16. The topological polar surface area (TPSA) is 55.1 Å². The van der Waals surface area contributed by atoms with Crippen molar-refractivity contribution >= 4 is 5.91 Å². The molecule has 0 aromatic heterocycles. The molecule has 110 valence electrons. The van der Waals surface area contributed by atoms with Gasteiger partial charge in [0.05, 0.1) is 0 Å². The van der Waals surface area contributed by atoms with E-state index >= 15 is 0 Å². The van der Waals surface area contributed by atoms with Gasteiger partial charge in [-0.3, -0.25) is 4.79 Å². The number of amides is 1. The molecule has 0 fully saturated rings. The Labute approximate surface area is 126 Å². The summed E-state index contributed by atoms with van der Waals surface area (Å²) in [5, 5.41) is 3.02. The highest BCUT2D eigenvalue weighted by Gasteiger charge is 2.21. The van der Waals surface area contributed by atoms with Crippen LogP contribution in [0.5, 0.6) is 0 Å². The molecule has 21 heavy (non-hydrogen) atoms. The molecule has 0 unspecified atom stereocenters. The number of hydrogen-bond acceptors (Lipinski definition) is 2. The highest BCUT2D eigenvalue weighted by atomic mass is 16.1. The Morgan fingerprint density at radius 2 is 1.67 bits per heavy atom. The van der Waals surface area contributed by atoms with E-state index in [1.54, 1.807) is 0 Å². The molecule has 0 bridgehead atoms. The van der Waals surface area contributed by atoms with E-state index in [2.05, 4.69) is 31.3 Å². The molecule has 3 heteroatoms. The van der Waals surface area contributed by atoms with Gasteiger partial charge in [-0.1, -0.05) is 62.4 Å². The fourth-order valence-electron chi connectivity index (χ4n) is 2.31. The number of carbonyl (C=O) groups is 1. The Kier molecular flexibility index (Phi) is 4.76. The summed E-state index contributed by atoms with van der Waals surface area (Å²) < 4.78 is 0. The number of nitrogens with one attached hydrogen (secondary N) is 1. The third kappa shape index (κ3) is 3.70. The lowest BCUT2D eigenvalue weighted by molar-refractivity contribution is 0.0944. The molecule has 0 aliphatic heterocycles. The molecule has 3 N–H and O–H groups in total. The Bertz CT molecular complexity index is 606. The predicted molar refractivity (Wildman–Crippen MR) is 86.1 cm³/mol. The van der Waals surface area contributed by atoms with E-state index in [4.69, 9.17) is 5.73 Å². The Hall–Kier alpha value is -2.13. The lowest BCUT2D eigenvalue weighted by Gasteiger charge is -2.25. The first-order valence-corrected chi connectivity index (χ1v) is 7.16. The van der Waals surface area contributed by atoms with E-state index in [0.717, 1.165) is 5.56 Å². The molecule has 0 aliphatic carbocycles. The molecule has 3 nitrogen and oxygen atoms in total. The molecular weight excluding hydrogens is 260 g/mol. The average molecular weight is 282 g/mol. The zero-order valence-electron chi connectivity index (χ0n) is 12.6. The van der Waals surface area contributed by atoms with Crippen LogP contribution in [0.2, 0.25) is 0 Å². The van der Waals surface area contributed by atoms with Crippen molar-refractivity contribution in [1.29, 1.82) is 0 Å². The molecule has 0 atom stereocenters. The first-order chi connectivity index (χ1) is 10.0. The van der Waals surface area contributed by atoms with Crippen molar-refractivity contribution in [2.75, 3.05) is 6.54 Å². The van der Waals surface area contributed by atoms with Gasteiger partial charge < -0.3 is 11.1 Å². The van der Waals surface area contributed by atoms with Gasteiger partial charge in [-0.15, -0.1) is 0 Å². The van der Waals surface area contributed by atoms with Gasteiger partial charge in [0.2, 0.25) is 0 Å². The van der Waals surface area contributed by atoms with Gasteiger partial charge in [-0.2, -0.15) is 0 Å². The summed E-state index contributed by atoms with van der Waals surface area (Å²) in [5.74, 6) is -0.0694. The molecule has 2 rings (SSSR count). The van der Waals surface area contributed by atoms with Gasteiger partial charge in [0, 0.05) is 24.1 Å². The second-order valence-electron chi connectivity index (χ2n) is 5.79. The number of benzene rings is 2. The maximum absolute atomic E-state index is 12.3. The summed E-state index contributed by atoms with van der Waals surface area (Å²) >= 11 is 0. The number of carbonyl (C=O) groups excluding carboxylic acids is 1. The minimum Gasteiger partial charge on any atom is -0.351 e. The molecule has 0 saturated carbocycles.